The van der Waals surface area contributed by atoms with Crippen LogP contribution in [-0.4, -0.2) is 24.5 Å². The van der Waals surface area contributed by atoms with Crippen LogP contribution in [0.25, 0.3) is 0 Å². The number of hydrogen-bond acceptors (Lipinski definition) is 3. The first-order valence-electron chi connectivity index (χ1n) is 7.04. The molecule has 0 atom stereocenters. The van der Waals surface area contributed by atoms with Crippen LogP contribution in [0.3, 0.4) is 0 Å². The molecule has 4 nitrogen and oxygen atoms in total. The van der Waals surface area contributed by atoms with Crippen LogP contribution in [-0.2, 0) is 6.54 Å². The zero-order chi connectivity index (χ0) is 15.2. The summed E-state index contributed by atoms with van der Waals surface area (Å²) in [6.45, 7) is 5.48. The zero-order valence-corrected chi connectivity index (χ0v) is 12.7. The standard InChI is InChI=1S/C17H21NO3/c1-13(2)10-18(17(19)15-8-9-21-12-15)11-14-4-6-16(20-3)7-5-14/h4-9,12-13H,10-11H2,1-3H3. The molecule has 0 unspecified atom stereocenters. The molecule has 0 radical (unpaired) electrons. The molecular formula is C17H21NO3. The van der Waals surface area contributed by atoms with E-state index in [0.29, 0.717) is 24.6 Å². The average molecular weight is 287 g/mol. The summed E-state index contributed by atoms with van der Waals surface area (Å²) in [5, 5.41) is 0. The van der Waals surface area contributed by atoms with Gasteiger partial charge < -0.3 is 14.1 Å². The Balaban J connectivity index is 2.13. The van der Waals surface area contributed by atoms with Gasteiger partial charge in [-0.1, -0.05) is 26.0 Å². The predicted octanol–water partition coefficient (Wildman–Crippen LogP) is 3.59. The van der Waals surface area contributed by atoms with Crippen LogP contribution in [0.1, 0.15) is 29.8 Å². The molecule has 0 aliphatic heterocycles. The van der Waals surface area contributed by atoms with E-state index < -0.39 is 0 Å². The maximum absolute atomic E-state index is 12.5. The molecule has 4 heteroatoms. The molecule has 0 aliphatic carbocycles. The van der Waals surface area contributed by atoms with Crippen molar-refractivity contribution in [1.29, 1.82) is 0 Å². The van der Waals surface area contributed by atoms with Crippen LogP contribution in [0.2, 0.25) is 0 Å². The van der Waals surface area contributed by atoms with Gasteiger partial charge in [-0.15, -0.1) is 0 Å². The molecular weight excluding hydrogens is 266 g/mol. The number of carbonyl (C=O) groups is 1. The van der Waals surface area contributed by atoms with E-state index in [1.807, 2.05) is 29.2 Å². The smallest absolute Gasteiger partial charge is 0.257 e. The molecule has 112 valence electrons. The van der Waals surface area contributed by atoms with Crippen molar-refractivity contribution < 1.29 is 13.9 Å². The first kappa shape index (κ1) is 15.2. The van der Waals surface area contributed by atoms with Crippen molar-refractivity contribution >= 4 is 5.91 Å². The lowest BCUT2D eigenvalue weighted by molar-refractivity contribution is 0.0722. The van der Waals surface area contributed by atoms with Gasteiger partial charge in [0.15, 0.2) is 0 Å². The second kappa shape index (κ2) is 6.97. The lowest BCUT2D eigenvalue weighted by atomic mass is 10.1. The van der Waals surface area contributed by atoms with Gasteiger partial charge in [0.1, 0.15) is 12.0 Å². The third-order valence-corrected chi connectivity index (χ3v) is 3.17. The largest absolute Gasteiger partial charge is 0.497 e. The SMILES string of the molecule is COc1ccc(CN(CC(C)C)C(=O)c2ccoc2)cc1. The lowest BCUT2D eigenvalue weighted by Crippen LogP contribution is -2.33. The highest BCUT2D eigenvalue weighted by Gasteiger charge is 2.18. The molecule has 2 aromatic rings. The van der Waals surface area contributed by atoms with E-state index in [9.17, 15) is 4.79 Å². The number of amides is 1. The zero-order valence-electron chi connectivity index (χ0n) is 12.7. The van der Waals surface area contributed by atoms with Crippen LogP contribution in [0.5, 0.6) is 5.75 Å². The molecule has 1 aromatic heterocycles. The topological polar surface area (TPSA) is 42.7 Å². The highest BCUT2D eigenvalue weighted by Crippen LogP contribution is 2.16. The number of rotatable bonds is 6. The number of nitrogens with zero attached hydrogens (tertiary/aromatic N) is 1. The summed E-state index contributed by atoms with van der Waals surface area (Å²) in [5.41, 5.74) is 1.66. The Kier molecular flexibility index (Phi) is 5.04. The Bertz CT molecular complexity index is 558. The highest BCUT2D eigenvalue weighted by molar-refractivity contribution is 5.93. The Morgan fingerprint density at radius 2 is 1.95 bits per heavy atom. The van der Waals surface area contributed by atoms with Crippen molar-refractivity contribution in [3.8, 4) is 5.75 Å². The van der Waals surface area contributed by atoms with Gasteiger partial charge in [0.25, 0.3) is 5.91 Å². The second-order valence-corrected chi connectivity index (χ2v) is 5.44. The molecule has 0 fully saturated rings. The summed E-state index contributed by atoms with van der Waals surface area (Å²) in [6.07, 6.45) is 3.01. The molecule has 2 rings (SSSR count). The minimum absolute atomic E-state index is 0.00623. The summed E-state index contributed by atoms with van der Waals surface area (Å²) in [5.74, 6) is 1.21. The van der Waals surface area contributed by atoms with Crippen LogP contribution in [0, 0.1) is 5.92 Å². The van der Waals surface area contributed by atoms with Crippen molar-refractivity contribution in [3.05, 3.63) is 54.0 Å². The fourth-order valence-corrected chi connectivity index (χ4v) is 2.18. The van der Waals surface area contributed by atoms with E-state index >= 15 is 0 Å². The number of carbonyl (C=O) groups excluding carboxylic acids is 1. The first-order valence-corrected chi connectivity index (χ1v) is 7.04. The van der Waals surface area contributed by atoms with Gasteiger partial charge in [-0.2, -0.15) is 0 Å². The average Bonchev–Trinajstić information content (AvgIpc) is 3.00. The maximum atomic E-state index is 12.5. The van der Waals surface area contributed by atoms with E-state index in [0.717, 1.165) is 11.3 Å². The van der Waals surface area contributed by atoms with Gasteiger partial charge in [-0.25, -0.2) is 0 Å². The van der Waals surface area contributed by atoms with E-state index in [4.69, 9.17) is 9.15 Å². The number of hydrogen-bond donors (Lipinski definition) is 0. The summed E-state index contributed by atoms with van der Waals surface area (Å²) < 4.78 is 10.2. The van der Waals surface area contributed by atoms with E-state index in [-0.39, 0.29) is 5.91 Å². The normalized spacial score (nSPS) is 10.7. The van der Waals surface area contributed by atoms with Crippen molar-refractivity contribution in [2.75, 3.05) is 13.7 Å². The van der Waals surface area contributed by atoms with Crippen LogP contribution in [0.15, 0.2) is 47.3 Å². The van der Waals surface area contributed by atoms with Gasteiger partial charge in [-0.3, -0.25) is 4.79 Å². The molecule has 0 N–H and O–H groups in total. The summed E-state index contributed by atoms with van der Waals surface area (Å²) in [6, 6.07) is 9.48. The van der Waals surface area contributed by atoms with Gasteiger partial charge >= 0.3 is 0 Å². The van der Waals surface area contributed by atoms with Gasteiger partial charge in [0.05, 0.1) is 18.9 Å². The third kappa shape index (κ3) is 4.12. The summed E-state index contributed by atoms with van der Waals surface area (Å²) in [7, 11) is 1.64. The molecule has 0 spiro atoms. The Labute approximate surface area is 125 Å². The van der Waals surface area contributed by atoms with Crippen molar-refractivity contribution in [2.45, 2.75) is 20.4 Å². The van der Waals surface area contributed by atoms with Crippen LogP contribution in [0.4, 0.5) is 0 Å². The molecule has 0 saturated carbocycles. The summed E-state index contributed by atoms with van der Waals surface area (Å²) in [4.78, 5) is 14.4. The van der Waals surface area contributed by atoms with Gasteiger partial charge in [0.2, 0.25) is 0 Å². The Morgan fingerprint density at radius 3 is 2.48 bits per heavy atom. The van der Waals surface area contributed by atoms with Crippen LogP contribution >= 0.6 is 0 Å². The molecule has 1 aromatic carbocycles. The van der Waals surface area contributed by atoms with E-state index in [1.165, 1.54) is 12.5 Å². The number of furan rings is 1. The minimum Gasteiger partial charge on any atom is -0.497 e. The minimum atomic E-state index is -0.00623. The third-order valence-electron chi connectivity index (χ3n) is 3.17. The highest BCUT2D eigenvalue weighted by atomic mass is 16.5. The molecule has 21 heavy (non-hydrogen) atoms. The van der Waals surface area contributed by atoms with Crippen LogP contribution < -0.4 is 4.74 Å². The van der Waals surface area contributed by atoms with Crippen molar-refractivity contribution in [1.82, 2.24) is 4.90 Å². The molecule has 0 bridgehead atoms. The van der Waals surface area contributed by atoms with Gasteiger partial charge in [-0.05, 0) is 29.7 Å². The van der Waals surface area contributed by atoms with E-state index in [2.05, 4.69) is 13.8 Å². The molecule has 0 aliphatic rings. The number of benzene rings is 1. The number of methoxy groups -OCH3 is 1. The Morgan fingerprint density at radius 1 is 1.24 bits per heavy atom. The Hall–Kier alpha value is -2.23. The molecule has 0 saturated heterocycles. The first-order chi connectivity index (χ1) is 10.1. The number of ether oxygens (including phenoxy) is 1. The van der Waals surface area contributed by atoms with Crippen molar-refractivity contribution in [3.63, 3.8) is 0 Å². The second-order valence-electron chi connectivity index (χ2n) is 5.44. The monoisotopic (exact) mass is 287 g/mol. The van der Waals surface area contributed by atoms with E-state index in [1.54, 1.807) is 13.2 Å². The summed E-state index contributed by atoms with van der Waals surface area (Å²) >= 11 is 0. The predicted molar refractivity (Wildman–Crippen MR) is 81.3 cm³/mol. The fourth-order valence-electron chi connectivity index (χ4n) is 2.18. The van der Waals surface area contributed by atoms with Gasteiger partial charge in [0, 0.05) is 13.1 Å². The fraction of sp³-hybridized carbons (Fsp3) is 0.353. The quantitative estimate of drug-likeness (QED) is 0.815. The lowest BCUT2D eigenvalue weighted by Gasteiger charge is -2.24. The van der Waals surface area contributed by atoms with Crippen molar-refractivity contribution in [2.24, 2.45) is 5.92 Å². The maximum Gasteiger partial charge on any atom is 0.257 e. The molecule has 1 heterocycles. The molecule has 1 amide bonds.